The number of hydrogen-bond acceptors (Lipinski definition) is 1. The van der Waals surface area contributed by atoms with E-state index in [0.717, 1.165) is 11.1 Å². The Hall–Kier alpha value is -1.67. The van der Waals surface area contributed by atoms with Crippen molar-refractivity contribution in [3.8, 4) is 0 Å². The van der Waals surface area contributed by atoms with Gasteiger partial charge in [-0.2, -0.15) is 0 Å². The van der Waals surface area contributed by atoms with Gasteiger partial charge in [0.05, 0.1) is 0 Å². The van der Waals surface area contributed by atoms with Crippen LogP contribution in [-0.4, -0.2) is 5.11 Å². The zero-order chi connectivity index (χ0) is 14.0. The molecule has 0 saturated carbocycles. The van der Waals surface area contributed by atoms with Gasteiger partial charge in [-0.05, 0) is 34.2 Å². The molecule has 0 aliphatic carbocycles. The van der Waals surface area contributed by atoms with Crippen molar-refractivity contribution in [2.75, 3.05) is 0 Å². The lowest BCUT2D eigenvalue weighted by atomic mass is 9.81. The minimum atomic E-state index is -0.726. The molecule has 0 aliphatic rings. The fourth-order valence-electron chi connectivity index (χ4n) is 2.24. The molecule has 2 heteroatoms. The van der Waals surface area contributed by atoms with Gasteiger partial charge in [0.2, 0.25) is 0 Å². The first-order valence-corrected chi connectivity index (χ1v) is 6.42. The summed E-state index contributed by atoms with van der Waals surface area (Å²) in [6.45, 7) is 6.34. The molecular weight excluding hydrogens is 239 g/mol. The molecule has 2 aromatic rings. The standard InChI is InChI=1S/C17H19FO/c1-17(2,3)15-7-5-4-6-14(15)16(19)12-8-10-13(18)11-9-12/h4-11,16,19H,1-3H3. The Bertz CT molecular complexity index is 552. The van der Waals surface area contributed by atoms with Crippen molar-refractivity contribution in [2.45, 2.75) is 32.3 Å². The van der Waals surface area contributed by atoms with Gasteiger partial charge >= 0.3 is 0 Å². The summed E-state index contributed by atoms with van der Waals surface area (Å²) in [5.41, 5.74) is 2.64. The zero-order valence-electron chi connectivity index (χ0n) is 11.5. The number of hydrogen-bond donors (Lipinski definition) is 1. The molecule has 1 N–H and O–H groups in total. The molecule has 19 heavy (non-hydrogen) atoms. The second kappa shape index (κ2) is 5.14. The van der Waals surface area contributed by atoms with Gasteiger partial charge in [0.1, 0.15) is 11.9 Å². The van der Waals surface area contributed by atoms with Crippen molar-refractivity contribution in [3.05, 3.63) is 71.0 Å². The van der Waals surface area contributed by atoms with Gasteiger partial charge in [0.15, 0.2) is 0 Å². The topological polar surface area (TPSA) is 20.2 Å². The molecule has 2 aromatic carbocycles. The van der Waals surface area contributed by atoms with Crippen molar-refractivity contribution in [1.82, 2.24) is 0 Å². The highest BCUT2D eigenvalue weighted by atomic mass is 19.1. The monoisotopic (exact) mass is 258 g/mol. The Kier molecular flexibility index (Phi) is 3.72. The number of rotatable bonds is 2. The van der Waals surface area contributed by atoms with Crippen LogP contribution in [0.4, 0.5) is 4.39 Å². The average molecular weight is 258 g/mol. The Morgan fingerprint density at radius 2 is 1.53 bits per heavy atom. The summed E-state index contributed by atoms with van der Waals surface area (Å²) < 4.78 is 12.9. The van der Waals surface area contributed by atoms with Crippen molar-refractivity contribution in [3.63, 3.8) is 0 Å². The van der Waals surface area contributed by atoms with E-state index in [-0.39, 0.29) is 11.2 Å². The van der Waals surface area contributed by atoms with Crippen LogP contribution in [0.2, 0.25) is 0 Å². The highest BCUT2D eigenvalue weighted by Gasteiger charge is 2.22. The first kappa shape index (κ1) is 13.8. The molecule has 0 aliphatic heterocycles. The van der Waals surface area contributed by atoms with Crippen LogP contribution in [0.15, 0.2) is 48.5 Å². The molecule has 0 bridgehead atoms. The maximum atomic E-state index is 12.9. The molecule has 0 saturated heterocycles. The zero-order valence-corrected chi connectivity index (χ0v) is 11.5. The molecule has 0 amide bonds. The second-order valence-corrected chi connectivity index (χ2v) is 5.79. The van der Waals surface area contributed by atoms with Crippen LogP contribution in [0.3, 0.4) is 0 Å². The van der Waals surface area contributed by atoms with Gasteiger partial charge in [0.25, 0.3) is 0 Å². The van der Waals surface area contributed by atoms with E-state index >= 15 is 0 Å². The largest absolute Gasteiger partial charge is 0.384 e. The maximum absolute atomic E-state index is 12.9. The van der Waals surface area contributed by atoms with E-state index in [0.29, 0.717) is 5.56 Å². The molecule has 1 nitrogen and oxygen atoms in total. The van der Waals surface area contributed by atoms with Gasteiger partial charge in [-0.3, -0.25) is 0 Å². The van der Waals surface area contributed by atoms with Crippen LogP contribution in [0.1, 0.15) is 43.6 Å². The number of benzene rings is 2. The summed E-state index contributed by atoms with van der Waals surface area (Å²) in [4.78, 5) is 0. The van der Waals surface area contributed by atoms with Crippen LogP contribution < -0.4 is 0 Å². The van der Waals surface area contributed by atoms with Gasteiger partial charge in [0, 0.05) is 0 Å². The van der Waals surface area contributed by atoms with Crippen molar-refractivity contribution < 1.29 is 9.50 Å². The molecule has 1 unspecified atom stereocenters. The number of halogens is 1. The fourth-order valence-corrected chi connectivity index (χ4v) is 2.24. The predicted molar refractivity (Wildman–Crippen MR) is 75.6 cm³/mol. The Morgan fingerprint density at radius 1 is 0.947 bits per heavy atom. The Morgan fingerprint density at radius 3 is 2.11 bits per heavy atom. The first-order chi connectivity index (χ1) is 8.89. The van der Waals surface area contributed by atoms with Gasteiger partial charge in [-0.1, -0.05) is 57.2 Å². The van der Waals surface area contributed by atoms with E-state index in [4.69, 9.17) is 0 Å². The van der Waals surface area contributed by atoms with Crippen LogP contribution in [0.5, 0.6) is 0 Å². The SMILES string of the molecule is CC(C)(C)c1ccccc1C(O)c1ccc(F)cc1. The van der Waals surface area contributed by atoms with Crippen molar-refractivity contribution in [2.24, 2.45) is 0 Å². The summed E-state index contributed by atoms with van der Waals surface area (Å²) in [7, 11) is 0. The second-order valence-electron chi connectivity index (χ2n) is 5.79. The lowest BCUT2D eigenvalue weighted by Gasteiger charge is -2.25. The highest BCUT2D eigenvalue weighted by Crippen LogP contribution is 2.32. The first-order valence-electron chi connectivity index (χ1n) is 6.42. The predicted octanol–water partition coefficient (Wildman–Crippen LogP) is 4.20. The van der Waals surface area contributed by atoms with Crippen LogP contribution in [-0.2, 0) is 5.41 Å². The number of aliphatic hydroxyl groups is 1. The Balaban J connectivity index is 2.44. The van der Waals surface area contributed by atoms with Crippen LogP contribution >= 0.6 is 0 Å². The summed E-state index contributed by atoms with van der Waals surface area (Å²) in [6.07, 6.45) is -0.726. The third-order valence-electron chi connectivity index (χ3n) is 3.25. The molecule has 1 atom stereocenters. The van der Waals surface area contributed by atoms with Crippen molar-refractivity contribution >= 4 is 0 Å². The molecule has 100 valence electrons. The summed E-state index contributed by atoms with van der Waals surface area (Å²) in [6, 6.07) is 13.8. The van der Waals surface area contributed by atoms with Crippen LogP contribution in [0, 0.1) is 5.82 Å². The quantitative estimate of drug-likeness (QED) is 0.855. The molecule has 0 fully saturated rings. The minimum Gasteiger partial charge on any atom is -0.384 e. The van der Waals surface area contributed by atoms with E-state index in [1.807, 2.05) is 24.3 Å². The van der Waals surface area contributed by atoms with Gasteiger partial charge in [-0.25, -0.2) is 4.39 Å². The third-order valence-corrected chi connectivity index (χ3v) is 3.25. The lowest BCUT2D eigenvalue weighted by Crippen LogP contribution is -2.16. The van der Waals surface area contributed by atoms with E-state index in [1.54, 1.807) is 12.1 Å². The molecule has 0 aromatic heterocycles. The normalized spacial score (nSPS) is 13.3. The van der Waals surface area contributed by atoms with E-state index in [9.17, 15) is 9.50 Å². The smallest absolute Gasteiger partial charge is 0.123 e. The summed E-state index contributed by atoms with van der Waals surface area (Å²) in [5.74, 6) is -0.292. The lowest BCUT2D eigenvalue weighted by molar-refractivity contribution is 0.217. The molecule has 0 heterocycles. The molecule has 0 radical (unpaired) electrons. The third kappa shape index (κ3) is 3.02. The maximum Gasteiger partial charge on any atom is 0.123 e. The van der Waals surface area contributed by atoms with Crippen molar-refractivity contribution in [1.29, 1.82) is 0 Å². The minimum absolute atomic E-state index is 0.0440. The van der Waals surface area contributed by atoms with E-state index in [2.05, 4.69) is 20.8 Å². The summed E-state index contributed by atoms with van der Waals surface area (Å²) >= 11 is 0. The summed E-state index contributed by atoms with van der Waals surface area (Å²) in [5, 5.41) is 10.5. The van der Waals surface area contributed by atoms with Crippen LogP contribution in [0.25, 0.3) is 0 Å². The highest BCUT2D eigenvalue weighted by molar-refractivity contribution is 5.39. The average Bonchev–Trinajstić information content (AvgIpc) is 2.38. The van der Waals surface area contributed by atoms with Gasteiger partial charge < -0.3 is 5.11 Å². The fraction of sp³-hybridized carbons (Fsp3) is 0.294. The number of aliphatic hydroxyl groups excluding tert-OH is 1. The van der Waals surface area contributed by atoms with E-state index in [1.165, 1.54) is 12.1 Å². The van der Waals surface area contributed by atoms with Gasteiger partial charge in [-0.15, -0.1) is 0 Å². The molecule has 2 rings (SSSR count). The van der Waals surface area contributed by atoms with E-state index < -0.39 is 6.10 Å². The molecule has 0 spiro atoms. The molecular formula is C17H19FO. The Labute approximate surface area is 113 Å².